The van der Waals surface area contributed by atoms with E-state index in [0.29, 0.717) is 5.75 Å². The predicted octanol–water partition coefficient (Wildman–Crippen LogP) is 4.49. The highest BCUT2D eigenvalue weighted by molar-refractivity contribution is 9.10. The summed E-state index contributed by atoms with van der Waals surface area (Å²) in [7, 11) is 1.61. The van der Waals surface area contributed by atoms with Gasteiger partial charge in [0, 0.05) is 4.47 Å². The van der Waals surface area contributed by atoms with Gasteiger partial charge < -0.3 is 14.8 Å². The maximum atomic E-state index is 12.4. The number of amides is 1. The molecule has 0 fully saturated rings. The average Bonchev–Trinajstić information content (AvgIpc) is 2.61. The zero-order chi connectivity index (χ0) is 17.5. The predicted molar refractivity (Wildman–Crippen MR) is 98.4 cm³/mol. The number of carbonyl (C=O) groups excluding carboxylic acids is 1. The molecule has 5 heteroatoms. The van der Waals surface area contributed by atoms with Crippen LogP contribution in [0.4, 0.5) is 0 Å². The molecule has 0 aliphatic carbocycles. The fourth-order valence-corrected chi connectivity index (χ4v) is 2.58. The number of carbonyl (C=O) groups is 1. The fraction of sp³-hybridized carbons (Fsp3) is 0.316. The summed E-state index contributed by atoms with van der Waals surface area (Å²) >= 11 is 3.42. The number of methoxy groups -OCH3 is 1. The molecule has 2 rings (SSSR count). The minimum absolute atomic E-state index is 0.0347. The van der Waals surface area contributed by atoms with Gasteiger partial charge in [-0.05, 0) is 55.3 Å². The second-order valence-corrected chi connectivity index (χ2v) is 6.37. The first-order chi connectivity index (χ1) is 11.5. The number of hydrogen-bond acceptors (Lipinski definition) is 3. The Balaban J connectivity index is 1.97. The lowest BCUT2D eigenvalue weighted by Gasteiger charge is -2.21. The van der Waals surface area contributed by atoms with Crippen molar-refractivity contribution < 1.29 is 14.3 Å². The van der Waals surface area contributed by atoms with Gasteiger partial charge in [-0.1, -0.05) is 35.0 Å². The summed E-state index contributed by atoms with van der Waals surface area (Å²) < 4.78 is 11.8. The number of ether oxygens (including phenoxy) is 2. The van der Waals surface area contributed by atoms with Crippen molar-refractivity contribution in [3.63, 3.8) is 0 Å². The van der Waals surface area contributed by atoms with Gasteiger partial charge in [-0.3, -0.25) is 4.79 Å². The first kappa shape index (κ1) is 18.3. The summed E-state index contributed by atoms with van der Waals surface area (Å²) in [5.41, 5.74) is 1.07. The van der Waals surface area contributed by atoms with Crippen LogP contribution in [0.2, 0.25) is 0 Å². The molecular formula is C19H22BrNO3. The van der Waals surface area contributed by atoms with Crippen LogP contribution < -0.4 is 14.8 Å². The van der Waals surface area contributed by atoms with Gasteiger partial charge in [0.25, 0.3) is 5.91 Å². The van der Waals surface area contributed by atoms with Gasteiger partial charge in [0.1, 0.15) is 11.5 Å². The van der Waals surface area contributed by atoms with E-state index in [4.69, 9.17) is 9.47 Å². The molecule has 0 bridgehead atoms. The molecule has 0 saturated heterocycles. The largest absolute Gasteiger partial charge is 0.497 e. The highest BCUT2D eigenvalue weighted by atomic mass is 79.9. The molecule has 2 aromatic carbocycles. The molecule has 0 aliphatic heterocycles. The zero-order valence-electron chi connectivity index (χ0n) is 14.1. The Hall–Kier alpha value is -2.01. The first-order valence-corrected chi connectivity index (χ1v) is 8.69. The molecule has 24 heavy (non-hydrogen) atoms. The summed E-state index contributed by atoms with van der Waals surface area (Å²) in [6.07, 6.45) is 0.228. The van der Waals surface area contributed by atoms with Crippen molar-refractivity contribution in [2.45, 2.75) is 32.4 Å². The molecular weight excluding hydrogens is 370 g/mol. The van der Waals surface area contributed by atoms with Gasteiger partial charge in [0.05, 0.1) is 13.2 Å². The van der Waals surface area contributed by atoms with Gasteiger partial charge in [0.15, 0.2) is 6.10 Å². The van der Waals surface area contributed by atoms with Gasteiger partial charge in [-0.15, -0.1) is 0 Å². The Labute approximate surface area is 151 Å². The molecule has 0 heterocycles. The third-order valence-electron chi connectivity index (χ3n) is 3.74. The Morgan fingerprint density at radius 2 is 1.67 bits per heavy atom. The Morgan fingerprint density at radius 3 is 2.21 bits per heavy atom. The molecule has 0 radical (unpaired) electrons. The minimum atomic E-state index is -0.581. The number of hydrogen-bond donors (Lipinski definition) is 1. The number of rotatable bonds is 7. The van der Waals surface area contributed by atoms with Crippen molar-refractivity contribution in [2.75, 3.05) is 7.11 Å². The third-order valence-corrected chi connectivity index (χ3v) is 4.27. The highest BCUT2D eigenvalue weighted by Crippen LogP contribution is 2.21. The topological polar surface area (TPSA) is 47.6 Å². The van der Waals surface area contributed by atoms with E-state index >= 15 is 0 Å². The van der Waals surface area contributed by atoms with E-state index < -0.39 is 6.10 Å². The van der Waals surface area contributed by atoms with E-state index in [2.05, 4.69) is 21.2 Å². The molecule has 0 aliphatic rings. The van der Waals surface area contributed by atoms with Crippen LogP contribution in [0.15, 0.2) is 53.0 Å². The lowest BCUT2D eigenvalue weighted by atomic mass is 10.0. The number of benzene rings is 2. The van der Waals surface area contributed by atoms with E-state index in [0.717, 1.165) is 22.2 Å². The molecule has 2 aromatic rings. The molecule has 0 saturated carbocycles. The second-order valence-electron chi connectivity index (χ2n) is 5.46. The lowest BCUT2D eigenvalue weighted by Crippen LogP contribution is -2.38. The summed E-state index contributed by atoms with van der Waals surface area (Å²) in [5.74, 6) is 1.25. The molecule has 0 spiro atoms. The summed E-state index contributed by atoms with van der Waals surface area (Å²) in [4.78, 5) is 12.4. The van der Waals surface area contributed by atoms with Crippen molar-refractivity contribution in [3.05, 3.63) is 58.6 Å². The number of halogens is 1. The van der Waals surface area contributed by atoms with E-state index in [9.17, 15) is 4.79 Å². The minimum Gasteiger partial charge on any atom is -0.497 e. The quantitative estimate of drug-likeness (QED) is 0.755. The Kier molecular flexibility index (Phi) is 6.67. The zero-order valence-corrected chi connectivity index (χ0v) is 15.7. The van der Waals surface area contributed by atoms with Crippen LogP contribution in [0, 0.1) is 0 Å². The van der Waals surface area contributed by atoms with E-state index in [-0.39, 0.29) is 11.9 Å². The average molecular weight is 392 g/mol. The van der Waals surface area contributed by atoms with Crippen molar-refractivity contribution >= 4 is 21.8 Å². The fourth-order valence-electron chi connectivity index (χ4n) is 2.32. The first-order valence-electron chi connectivity index (χ1n) is 7.90. The van der Waals surface area contributed by atoms with Gasteiger partial charge >= 0.3 is 0 Å². The molecule has 1 amide bonds. The van der Waals surface area contributed by atoms with Crippen molar-refractivity contribution in [2.24, 2.45) is 0 Å². The molecule has 2 unspecified atom stereocenters. The highest BCUT2D eigenvalue weighted by Gasteiger charge is 2.19. The van der Waals surface area contributed by atoms with Crippen LogP contribution >= 0.6 is 15.9 Å². The molecule has 4 nitrogen and oxygen atoms in total. The van der Waals surface area contributed by atoms with Crippen molar-refractivity contribution in [1.82, 2.24) is 5.32 Å². The summed E-state index contributed by atoms with van der Waals surface area (Å²) in [6, 6.07) is 15.1. The van der Waals surface area contributed by atoms with E-state index in [1.165, 1.54) is 0 Å². The molecule has 128 valence electrons. The van der Waals surface area contributed by atoms with Gasteiger partial charge in [-0.2, -0.15) is 0 Å². The Morgan fingerprint density at radius 1 is 1.08 bits per heavy atom. The van der Waals surface area contributed by atoms with Crippen LogP contribution in [0.3, 0.4) is 0 Å². The van der Waals surface area contributed by atoms with Crippen molar-refractivity contribution in [1.29, 1.82) is 0 Å². The van der Waals surface area contributed by atoms with E-state index in [1.807, 2.05) is 31.2 Å². The molecule has 1 N–H and O–H groups in total. The lowest BCUT2D eigenvalue weighted by molar-refractivity contribution is -0.128. The smallest absolute Gasteiger partial charge is 0.261 e. The van der Waals surface area contributed by atoms with Crippen LogP contribution in [-0.4, -0.2) is 19.1 Å². The maximum absolute atomic E-state index is 12.4. The normalized spacial score (nSPS) is 13.0. The van der Waals surface area contributed by atoms with E-state index in [1.54, 1.807) is 38.3 Å². The molecule has 0 aromatic heterocycles. The van der Waals surface area contributed by atoms with Crippen LogP contribution in [0.5, 0.6) is 11.5 Å². The summed E-state index contributed by atoms with van der Waals surface area (Å²) in [5, 5.41) is 3.04. The summed E-state index contributed by atoms with van der Waals surface area (Å²) in [6.45, 7) is 3.79. The number of nitrogens with one attached hydrogen (secondary N) is 1. The maximum Gasteiger partial charge on any atom is 0.261 e. The van der Waals surface area contributed by atoms with Crippen LogP contribution in [0.1, 0.15) is 31.9 Å². The van der Waals surface area contributed by atoms with Crippen molar-refractivity contribution in [3.8, 4) is 11.5 Å². The Bertz CT molecular complexity index is 655. The monoisotopic (exact) mass is 391 g/mol. The second kappa shape index (κ2) is 8.73. The van der Waals surface area contributed by atoms with Crippen LogP contribution in [-0.2, 0) is 4.79 Å². The van der Waals surface area contributed by atoms with Gasteiger partial charge in [0.2, 0.25) is 0 Å². The standard InChI is InChI=1S/C19H22BrNO3/c1-4-18(14-5-7-15(20)8-6-14)21-19(22)13(2)24-17-11-9-16(23-3)10-12-17/h5-13,18H,4H2,1-3H3,(H,21,22). The SMILES string of the molecule is CCC(NC(=O)C(C)Oc1ccc(OC)cc1)c1ccc(Br)cc1. The van der Waals surface area contributed by atoms with Gasteiger partial charge in [-0.25, -0.2) is 0 Å². The van der Waals surface area contributed by atoms with Crippen LogP contribution in [0.25, 0.3) is 0 Å². The molecule has 2 atom stereocenters. The third kappa shape index (κ3) is 4.99.